The fourth-order valence-electron chi connectivity index (χ4n) is 1.50. The molecular weight excluding hydrogens is 259 g/mol. The molecule has 0 atom stereocenters. The van der Waals surface area contributed by atoms with E-state index >= 15 is 0 Å². The summed E-state index contributed by atoms with van der Waals surface area (Å²) in [6.07, 6.45) is -2.64. The van der Waals surface area contributed by atoms with Crippen LogP contribution in [0.15, 0.2) is 23.0 Å². The van der Waals surface area contributed by atoms with E-state index in [9.17, 15) is 13.2 Å². The van der Waals surface area contributed by atoms with Gasteiger partial charge in [0.1, 0.15) is 6.54 Å². The molecule has 0 fully saturated rings. The number of hydrogen-bond donors (Lipinski definition) is 0. The summed E-state index contributed by atoms with van der Waals surface area (Å²) in [5.74, 6) is 0.474. The van der Waals surface area contributed by atoms with Crippen molar-refractivity contribution >= 4 is 0 Å². The van der Waals surface area contributed by atoms with Gasteiger partial charge in [0.25, 0.3) is 0 Å². The quantitative estimate of drug-likeness (QED) is 0.843. The molecular formula is C12H14F3N3O. The Kier molecular flexibility index (Phi) is 3.15. The maximum Gasteiger partial charge on any atom is 0.419 e. The van der Waals surface area contributed by atoms with Crippen molar-refractivity contribution in [3.63, 3.8) is 0 Å². The third-order valence-corrected chi connectivity index (χ3v) is 2.61. The molecule has 0 saturated carbocycles. The number of alkyl halides is 3. The van der Waals surface area contributed by atoms with Crippen LogP contribution in [0.5, 0.6) is 0 Å². The summed E-state index contributed by atoms with van der Waals surface area (Å²) in [6.45, 7) is 6.05. The molecule has 0 aromatic carbocycles. The van der Waals surface area contributed by atoms with Crippen molar-refractivity contribution in [1.29, 1.82) is 0 Å². The number of rotatable bonds is 2. The first-order valence-corrected chi connectivity index (χ1v) is 5.72. The molecule has 2 heterocycles. The Labute approximate surface area is 108 Å². The minimum atomic E-state index is -4.38. The topological polar surface area (TPSA) is 43.9 Å². The molecule has 0 aliphatic carbocycles. The molecule has 104 valence electrons. The van der Waals surface area contributed by atoms with Crippen LogP contribution in [0, 0.1) is 0 Å². The average molecular weight is 273 g/mol. The van der Waals surface area contributed by atoms with Gasteiger partial charge in [-0.1, -0.05) is 25.9 Å². The number of halogens is 3. The molecule has 2 rings (SSSR count). The Morgan fingerprint density at radius 3 is 2.42 bits per heavy atom. The molecule has 19 heavy (non-hydrogen) atoms. The summed E-state index contributed by atoms with van der Waals surface area (Å²) < 4.78 is 43.5. The average Bonchev–Trinajstić information content (AvgIpc) is 2.84. The van der Waals surface area contributed by atoms with Crippen molar-refractivity contribution in [2.45, 2.75) is 38.9 Å². The lowest BCUT2D eigenvalue weighted by molar-refractivity contribution is -0.137. The van der Waals surface area contributed by atoms with Gasteiger partial charge in [0.05, 0.1) is 17.5 Å². The maximum absolute atomic E-state index is 12.4. The van der Waals surface area contributed by atoms with Crippen LogP contribution < -0.4 is 0 Å². The zero-order chi connectivity index (χ0) is 14.3. The normalized spacial score (nSPS) is 12.9. The van der Waals surface area contributed by atoms with E-state index in [0.29, 0.717) is 5.76 Å². The Hall–Kier alpha value is -1.79. The standard InChI is InChI=1S/C12H14F3N3O/c1-11(2,3)10-4-9(19-17-10)7-18-6-8(5-16-18)12(13,14)15/h4-6H,7H2,1-3H3. The number of aromatic nitrogens is 3. The van der Waals surface area contributed by atoms with E-state index in [1.165, 1.54) is 4.68 Å². The Morgan fingerprint density at radius 1 is 1.26 bits per heavy atom. The van der Waals surface area contributed by atoms with Gasteiger partial charge in [0.2, 0.25) is 0 Å². The Bertz CT molecular complexity index is 513. The zero-order valence-electron chi connectivity index (χ0n) is 10.8. The Balaban J connectivity index is 2.14. The van der Waals surface area contributed by atoms with Gasteiger partial charge in [0.15, 0.2) is 5.76 Å². The van der Waals surface area contributed by atoms with Gasteiger partial charge in [0, 0.05) is 17.7 Å². The monoisotopic (exact) mass is 273 g/mol. The van der Waals surface area contributed by atoms with Crippen molar-refractivity contribution < 1.29 is 17.7 Å². The van der Waals surface area contributed by atoms with Crippen LogP contribution in [0.4, 0.5) is 13.2 Å². The predicted octanol–water partition coefficient (Wildman–Crippen LogP) is 3.24. The van der Waals surface area contributed by atoms with E-state index in [-0.39, 0.29) is 12.0 Å². The predicted molar refractivity (Wildman–Crippen MR) is 61.5 cm³/mol. The second-order valence-electron chi connectivity index (χ2n) is 5.35. The van der Waals surface area contributed by atoms with Gasteiger partial charge >= 0.3 is 6.18 Å². The molecule has 0 spiro atoms. The van der Waals surface area contributed by atoms with Gasteiger partial charge in [-0.05, 0) is 0 Å². The molecule has 0 unspecified atom stereocenters. The van der Waals surface area contributed by atoms with Crippen LogP contribution in [0.2, 0.25) is 0 Å². The third kappa shape index (κ3) is 3.15. The van der Waals surface area contributed by atoms with Crippen LogP contribution >= 0.6 is 0 Å². The molecule has 0 aliphatic rings. The highest BCUT2D eigenvalue weighted by atomic mass is 19.4. The fourth-order valence-corrected chi connectivity index (χ4v) is 1.50. The largest absolute Gasteiger partial charge is 0.419 e. The molecule has 0 amide bonds. The molecule has 7 heteroatoms. The SMILES string of the molecule is CC(C)(C)c1cc(Cn2cc(C(F)(F)F)cn2)on1. The third-order valence-electron chi connectivity index (χ3n) is 2.61. The molecule has 0 radical (unpaired) electrons. The minimum absolute atomic E-state index is 0.124. The summed E-state index contributed by atoms with van der Waals surface area (Å²) in [6, 6.07) is 1.73. The van der Waals surface area contributed by atoms with E-state index in [2.05, 4.69) is 10.3 Å². The first-order valence-electron chi connectivity index (χ1n) is 5.72. The first kappa shape index (κ1) is 13.6. The Morgan fingerprint density at radius 2 is 1.95 bits per heavy atom. The number of hydrogen-bond acceptors (Lipinski definition) is 3. The van der Waals surface area contributed by atoms with E-state index in [4.69, 9.17) is 4.52 Å². The summed E-state index contributed by atoms with van der Waals surface area (Å²) in [4.78, 5) is 0. The van der Waals surface area contributed by atoms with Crippen LogP contribution in [-0.2, 0) is 18.1 Å². The van der Waals surface area contributed by atoms with E-state index in [1.807, 2.05) is 20.8 Å². The van der Waals surface area contributed by atoms with Crippen molar-refractivity contribution in [3.8, 4) is 0 Å². The first-order chi connectivity index (χ1) is 8.66. The lowest BCUT2D eigenvalue weighted by atomic mass is 9.92. The molecule has 0 saturated heterocycles. The second-order valence-corrected chi connectivity index (χ2v) is 5.35. The van der Waals surface area contributed by atoms with E-state index in [0.717, 1.165) is 18.1 Å². The molecule has 0 aliphatic heterocycles. The fraction of sp³-hybridized carbons (Fsp3) is 0.500. The van der Waals surface area contributed by atoms with E-state index < -0.39 is 11.7 Å². The summed E-state index contributed by atoms with van der Waals surface area (Å²) in [5, 5.41) is 7.56. The van der Waals surface area contributed by atoms with Crippen molar-refractivity contribution in [2.75, 3.05) is 0 Å². The molecule has 0 bridgehead atoms. The van der Waals surface area contributed by atoms with Crippen molar-refractivity contribution in [3.05, 3.63) is 35.5 Å². The van der Waals surface area contributed by atoms with Crippen LogP contribution in [0.3, 0.4) is 0 Å². The molecule has 0 N–H and O–H groups in total. The molecule has 4 nitrogen and oxygen atoms in total. The van der Waals surface area contributed by atoms with Gasteiger partial charge in [-0.25, -0.2) is 0 Å². The van der Waals surface area contributed by atoms with Gasteiger partial charge in [-0.3, -0.25) is 4.68 Å². The second kappa shape index (κ2) is 4.40. The van der Waals surface area contributed by atoms with Crippen LogP contribution in [0.1, 0.15) is 37.8 Å². The lowest BCUT2D eigenvalue weighted by Gasteiger charge is -2.12. The van der Waals surface area contributed by atoms with Crippen LogP contribution in [0.25, 0.3) is 0 Å². The lowest BCUT2D eigenvalue weighted by Crippen LogP contribution is -2.11. The minimum Gasteiger partial charge on any atom is -0.359 e. The van der Waals surface area contributed by atoms with E-state index in [1.54, 1.807) is 6.07 Å². The molecule has 2 aromatic heterocycles. The van der Waals surface area contributed by atoms with Gasteiger partial charge in [-0.15, -0.1) is 0 Å². The van der Waals surface area contributed by atoms with Crippen molar-refractivity contribution in [1.82, 2.24) is 14.9 Å². The highest BCUT2D eigenvalue weighted by Crippen LogP contribution is 2.28. The maximum atomic E-state index is 12.4. The zero-order valence-corrected chi connectivity index (χ0v) is 10.8. The smallest absolute Gasteiger partial charge is 0.359 e. The number of nitrogens with zero attached hydrogens (tertiary/aromatic N) is 3. The molecule has 2 aromatic rings. The van der Waals surface area contributed by atoms with Gasteiger partial charge in [-0.2, -0.15) is 18.3 Å². The summed E-state index contributed by atoms with van der Waals surface area (Å²) in [7, 11) is 0. The van der Waals surface area contributed by atoms with Gasteiger partial charge < -0.3 is 4.52 Å². The van der Waals surface area contributed by atoms with Crippen LogP contribution in [-0.4, -0.2) is 14.9 Å². The highest BCUT2D eigenvalue weighted by molar-refractivity contribution is 5.15. The summed E-state index contributed by atoms with van der Waals surface area (Å²) in [5.41, 5.74) is -0.183. The summed E-state index contributed by atoms with van der Waals surface area (Å²) >= 11 is 0. The highest BCUT2D eigenvalue weighted by Gasteiger charge is 2.32. The van der Waals surface area contributed by atoms with Crippen molar-refractivity contribution in [2.24, 2.45) is 0 Å².